The first-order valence-corrected chi connectivity index (χ1v) is 8.61. The fraction of sp³-hybridized carbons (Fsp3) is 0.800. The standard InChI is InChI=1S/C15H28N6O3/c16-13(22)18-9-1-5-11(6-2-9)20-15(24)21-12-7-3-10(4-8-12)19-14(17)23/h9-12H,1-8H2,(H3,16,18,22)(H3,17,19,23)(H2,20,21,24). The first kappa shape index (κ1) is 18.2. The molecule has 0 aromatic rings. The normalized spacial score (nSPS) is 30.0. The van der Waals surface area contributed by atoms with Crippen molar-refractivity contribution < 1.29 is 14.4 Å². The van der Waals surface area contributed by atoms with Gasteiger partial charge in [-0.25, -0.2) is 14.4 Å². The predicted octanol–water partition coefficient (Wildman–Crippen LogP) is 0.245. The van der Waals surface area contributed by atoms with Crippen molar-refractivity contribution in [1.29, 1.82) is 0 Å². The number of hydrogen-bond acceptors (Lipinski definition) is 3. The van der Waals surface area contributed by atoms with Gasteiger partial charge in [-0.15, -0.1) is 0 Å². The summed E-state index contributed by atoms with van der Waals surface area (Å²) in [4.78, 5) is 33.8. The number of rotatable bonds is 4. The molecule has 0 aromatic heterocycles. The molecule has 0 aromatic carbocycles. The molecule has 0 bridgehead atoms. The van der Waals surface area contributed by atoms with E-state index in [0.29, 0.717) is 0 Å². The summed E-state index contributed by atoms with van der Waals surface area (Å²) in [5.74, 6) is 0. The maximum atomic E-state index is 12.1. The molecular weight excluding hydrogens is 312 g/mol. The smallest absolute Gasteiger partial charge is 0.315 e. The molecule has 0 radical (unpaired) electrons. The lowest BCUT2D eigenvalue weighted by Crippen LogP contribution is -2.51. The van der Waals surface area contributed by atoms with E-state index in [1.807, 2.05) is 0 Å². The minimum atomic E-state index is -0.495. The van der Waals surface area contributed by atoms with Gasteiger partial charge in [0.2, 0.25) is 0 Å². The van der Waals surface area contributed by atoms with E-state index in [-0.39, 0.29) is 30.2 Å². The SMILES string of the molecule is NC(=O)NC1CCC(NC(=O)NC2CCC(NC(N)=O)CC2)CC1. The zero-order valence-electron chi connectivity index (χ0n) is 13.8. The van der Waals surface area contributed by atoms with Crippen LogP contribution in [0, 0.1) is 0 Å². The molecule has 2 fully saturated rings. The molecule has 6 amide bonds. The van der Waals surface area contributed by atoms with Crippen molar-refractivity contribution in [2.24, 2.45) is 11.5 Å². The van der Waals surface area contributed by atoms with Gasteiger partial charge >= 0.3 is 18.1 Å². The molecule has 2 saturated carbocycles. The summed E-state index contributed by atoms with van der Waals surface area (Å²) in [7, 11) is 0. The molecule has 9 nitrogen and oxygen atoms in total. The Hall–Kier alpha value is -2.19. The van der Waals surface area contributed by atoms with Gasteiger partial charge in [-0.2, -0.15) is 0 Å². The largest absolute Gasteiger partial charge is 0.352 e. The van der Waals surface area contributed by atoms with Gasteiger partial charge in [-0.05, 0) is 51.4 Å². The lowest BCUT2D eigenvalue weighted by Gasteiger charge is -2.32. The maximum Gasteiger partial charge on any atom is 0.315 e. The third kappa shape index (κ3) is 6.13. The summed E-state index contributed by atoms with van der Waals surface area (Å²) in [6.07, 6.45) is 6.58. The fourth-order valence-corrected chi connectivity index (χ4v) is 3.58. The highest BCUT2D eigenvalue weighted by molar-refractivity contribution is 5.74. The zero-order valence-corrected chi connectivity index (χ0v) is 13.8. The van der Waals surface area contributed by atoms with Crippen molar-refractivity contribution in [2.75, 3.05) is 0 Å². The van der Waals surface area contributed by atoms with Crippen LogP contribution in [0.15, 0.2) is 0 Å². The van der Waals surface area contributed by atoms with Crippen LogP contribution in [0.25, 0.3) is 0 Å². The van der Waals surface area contributed by atoms with Gasteiger partial charge in [0.05, 0.1) is 0 Å². The van der Waals surface area contributed by atoms with Gasteiger partial charge in [-0.1, -0.05) is 0 Å². The maximum absolute atomic E-state index is 12.1. The first-order chi connectivity index (χ1) is 11.4. The molecule has 0 spiro atoms. The Bertz CT molecular complexity index is 416. The number of primary amides is 2. The number of nitrogens with one attached hydrogen (secondary N) is 4. The number of carbonyl (C=O) groups is 3. The van der Waals surface area contributed by atoms with Crippen LogP contribution in [0.4, 0.5) is 14.4 Å². The van der Waals surface area contributed by atoms with Crippen LogP contribution in [-0.4, -0.2) is 42.3 Å². The topological polar surface area (TPSA) is 151 Å². The van der Waals surface area contributed by atoms with Gasteiger partial charge in [0, 0.05) is 24.2 Å². The first-order valence-electron chi connectivity index (χ1n) is 8.61. The summed E-state index contributed by atoms with van der Waals surface area (Å²) < 4.78 is 0. The molecule has 0 aliphatic heterocycles. The van der Waals surface area contributed by atoms with Gasteiger partial charge in [0.1, 0.15) is 0 Å². The second kappa shape index (κ2) is 8.60. The zero-order chi connectivity index (χ0) is 17.5. The van der Waals surface area contributed by atoms with E-state index in [0.717, 1.165) is 51.4 Å². The lowest BCUT2D eigenvalue weighted by molar-refractivity contribution is 0.215. The molecule has 9 heteroatoms. The third-order valence-electron chi connectivity index (χ3n) is 4.82. The molecule has 136 valence electrons. The van der Waals surface area contributed by atoms with E-state index in [4.69, 9.17) is 11.5 Å². The van der Waals surface area contributed by atoms with Crippen molar-refractivity contribution >= 4 is 18.1 Å². The highest BCUT2D eigenvalue weighted by Crippen LogP contribution is 2.20. The predicted molar refractivity (Wildman–Crippen MR) is 89.2 cm³/mol. The van der Waals surface area contributed by atoms with Crippen molar-refractivity contribution in [2.45, 2.75) is 75.5 Å². The number of hydrogen-bond donors (Lipinski definition) is 6. The van der Waals surface area contributed by atoms with Crippen LogP contribution < -0.4 is 32.7 Å². The van der Waals surface area contributed by atoms with Gasteiger partial charge in [0.25, 0.3) is 0 Å². The molecule has 0 atom stereocenters. The fourth-order valence-electron chi connectivity index (χ4n) is 3.58. The van der Waals surface area contributed by atoms with Crippen molar-refractivity contribution in [3.63, 3.8) is 0 Å². The number of nitrogens with two attached hydrogens (primary N) is 2. The highest BCUT2D eigenvalue weighted by atomic mass is 16.2. The summed E-state index contributed by atoms with van der Waals surface area (Å²) in [5, 5.41) is 11.4. The second-order valence-electron chi connectivity index (χ2n) is 6.73. The molecule has 2 aliphatic rings. The second-order valence-corrected chi connectivity index (χ2v) is 6.73. The highest BCUT2D eigenvalue weighted by Gasteiger charge is 2.26. The van der Waals surface area contributed by atoms with Crippen LogP contribution in [0.5, 0.6) is 0 Å². The number of urea groups is 3. The average molecular weight is 340 g/mol. The summed E-state index contributed by atoms with van der Waals surface area (Å²) in [6, 6.07) is -0.662. The van der Waals surface area contributed by atoms with Gasteiger partial charge in [0.15, 0.2) is 0 Å². The summed E-state index contributed by atoms with van der Waals surface area (Å²) >= 11 is 0. The van der Waals surface area contributed by atoms with Crippen molar-refractivity contribution in [1.82, 2.24) is 21.3 Å². The monoisotopic (exact) mass is 340 g/mol. The Morgan fingerprint density at radius 2 is 0.792 bits per heavy atom. The summed E-state index contributed by atoms with van der Waals surface area (Å²) in [5.41, 5.74) is 10.2. The molecule has 8 N–H and O–H groups in total. The van der Waals surface area contributed by atoms with E-state index in [9.17, 15) is 14.4 Å². The molecule has 2 aliphatic carbocycles. The molecule has 0 saturated heterocycles. The Morgan fingerprint density at radius 3 is 1.04 bits per heavy atom. The van der Waals surface area contributed by atoms with E-state index < -0.39 is 12.1 Å². The molecular formula is C15H28N6O3. The van der Waals surface area contributed by atoms with Crippen LogP contribution in [0.2, 0.25) is 0 Å². The lowest BCUT2D eigenvalue weighted by atomic mass is 9.90. The molecule has 24 heavy (non-hydrogen) atoms. The van der Waals surface area contributed by atoms with Crippen molar-refractivity contribution in [3.8, 4) is 0 Å². The Morgan fingerprint density at radius 1 is 0.542 bits per heavy atom. The van der Waals surface area contributed by atoms with E-state index in [1.54, 1.807) is 0 Å². The number of carbonyl (C=O) groups excluding carboxylic acids is 3. The van der Waals surface area contributed by atoms with Crippen molar-refractivity contribution in [3.05, 3.63) is 0 Å². The quantitative estimate of drug-likeness (QED) is 0.435. The number of amides is 6. The van der Waals surface area contributed by atoms with Crippen LogP contribution in [0.3, 0.4) is 0 Å². The molecule has 0 unspecified atom stereocenters. The average Bonchev–Trinajstić information content (AvgIpc) is 2.50. The van der Waals surface area contributed by atoms with Gasteiger partial charge < -0.3 is 32.7 Å². The third-order valence-corrected chi connectivity index (χ3v) is 4.82. The summed E-state index contributed by atoms with van der Waals surface area (Å²) in [6.45, 7) is 0. The minimum absolute atomic E-state index is 0.108. The minimum Gasteiger partial charge on any atom is -0.352 e. The Kier molecular flexibility index (Phi) is 6.51. The van der Waals surface area contributed by atoms with E-state index in [1.165, 1.54) is 0 Å². The Balaban J connectivity index is 1.62. The van der Waals surface area contributed by atoms with Gasteiger partial charge in [-0.3, -0.25) is 0 Å². The van der Waals surface area contributed by atoms with Crippen LogP contribution in [-0.2, 0) is 0 Å². The Labute approximate surface area is 141 Å². The molecule has 2 rings (SSSR count). The van der Waals surface area contributed by atoms with E-state index >= 15 is 0 Å². The van der Waals surface area contributed by atoms with Crippen LogP contribution in [0.1, 0.15) is 51.4 Å². The molecule has 0 heterocycles. The van der Waals surface area contributed by atoms with Crippen LogP contribution >= 0.6 is 0 Å². The van der Waals surface area contributed by atoms with E-state index in [2.05, 4.69) is 21.3 Å².